The molecule has 41 heavy (non-hydrogen) atoms. The smallest absolute Gasteiger partial charge is 0.258 e. The van der Waals surface area contributed by atoms with Crippen LogP contribution in [0.2, 0.25) is 0 Å². The first kappa shape index (κ1) is 28.3. The summed E-state index contributed by atoms with van der Waals surface area (Å²) in [4.78, 5) is 32.9. The lowest BCUT2D eigenvalue weighted by Crippen LogP contribution is -2.33. The molecule has 1 aliphatic heterocycles. The molecule has 0 spiro atoms. The van der Waals surface area contributed by atoms with Gasteiger partial charge < -0.3 is 10.2 Å². The van der Waals surface area contributed by atoms with E-state index >= 15 is 0 Å². The molecule has 9 heteroatoms. The van der Waals surface area contributed by atoms with Gasteiger partial charge in [0.15, 0.2) is 0 Å². The van der Waals surface area contributed by atoms with Crippen molar-refractivity contribution in [2.75, 3.05) is 31.5 Å². The number of carbonyl (C=O) groups excluding carboxylic acids is 2. The number of piperidine rings is 1. The Labute approximate surface area is 241 Å². The summed E-state index contributed by atoms with van der Waals surface area (Å²) >= 11 is 0. The number of hydrogen-bond acceptors (Lipinski definition) is 5. The molecule has 0 unspecified atom stereocenters. The molecule has 0 radical (unpaired) electrons. The van der Waals surface area contributed by atoms with Gasteiger partial charge in [0.1, 0.15) is 0 Å². The van der Waals surface area contributed by atoms with Crippen LogP contribution in [0.3, 0.4) is 0 Å². The number of amides is 2. The van der Waals surface area contributed by atoms with Gasteiger partial charge in [-0.2, -0.15) is 5.10 Å². The quantitative estimate of drug-likeness (QED) is 0.245. The van der Waals surface area contributed by atoms with Gasteiger partial charge in [-0.3, -0.25) is 24.2 Å². The number of anilines is 1. The highest BCUT2D eigenvalue weighted by atomic mass is 16.2. The van der Waals surface area contributed by atoms with Crippen LogP contribution < -0.4 is 10.6 Å². The summed E-state index contributed by atoms with van der Waals surface area (Å²) in [7, 11) is 1.87. The molecule has 0 aliphatic carbocycles. The van der Waals surface area contributed by atoms with Gasteiger partial charge in [0.2, 0.25) is 11.9 Å². The number of rotatable bonds is 12. The molecule has 0 atom stereocenters. The fourth-order valence-electron chi connectivity index (χ4n) is 5.24. The zero-order valence-electron chi connectivity index (χ0n) is 23.8. The average Bonchev–Trinajstić information content (AvgIpc) is 3.62. The summed E-state index contributed by atoms with van der Waals surface area (Å²) < 4.78 is 3.62. The van der Waals surface area contributed by atoms with E-state index in [1.54, 1.807) is 16.9 Å². The number of aromatic nitrogens is 4. The maximum atomic E-state index is 13.3. The summed E-state index contributed by atoms with van der Waals surface area (Å²) in [6, 6.07) is 17.3. The Morgan fingerprint density at radius 2 is 1.76 bits per heavy atom. The van der Waals surface area contributed by atoms with Gasteiger partial charge in [-0.25, -0.2) is 4.98 Å². The Kier molecular flexibility index (Phi) is 9.59. The van der Waals surface area contributed by atoms with Crippen molar-refractivity contribution < 1.29 is 9.59 Å². The highest BCUT2D eigenvalue weighted by molar-refractivity contribution is 6.04. The topological polar surface area (TPSA) is 97.1 Å². The minimum Gasteiger partial charge on any atom is -0.356 e. The van der Waals surface area contributed by atoms with Crippen LogP contribution in [0.25, 0.3) is 16.8 Å². The number of aryl methyl sites for hydroxylation is 2. The van der Waals surface area contributed by atoms with Crippen LogP contribution in [-0.2, 0) is 18.3 Å². The van der Waals surface area contributed by atoms with Gasteiger partial charge in [-0.1, -0.05) is 36.8 Å². The number of nitrogens with one attached hydrogen (secondary N) is 2. The molecule has 0 bridgehead atoms. The van der Waals surface area contributed by atoms with Crippen molar-refractivity contribution in [1.29, 1.82) is 0 Å². The molecule has 2 aromatic carbocycles. The Morgan fingerprint density at radius 3 is 2.54 bits per heavy atom. The third-order valence-electron chi connectivity index (χ3n) is 7.44. The van der Waals surface area contributed by atoms with Crippen LogP contribution in [0.5, 0.6) is 0 Å². The van der Waals surface area contributed by atoms with Crippen molar-refractivity contribution in [3.63, 3.8) is 0 Å². The molecular weight excluding hydrogens is 514 g/mol. The molecule has 2 N–H and O–H groups in total. The first-order chi connectivity index (χ1) is 20.0. The summed E-state index contributed by atoms with van der Waals surface area (Å²) in [5.74, 6) is 0.285. The molecule has 2 amide bonds. The molecule has 1 saturated heterocycles. The molecule has 2 aromatic heterocycles. The summed E-state index contributed by atoms with van der Waals surface area (Å²) in [5, 5.41) is 10.3. The molecule has 9 nitrogen and oxygen atoms in total. The standard InChI is InChI=1S/C32H39N7O2/c1-37-23-27(22-34-37)25-11-8-12-26(21-25)31(41)36-32-35-28(24-39(32)29-14-4-2-5-15-29)13-9-16-30(40)33-17-10-20-38-18-6-3-7-19-38/h2,4-5,8,11-12,14-15,21-24H,3,6-7,9-10,13,16-20H2,1H3,(H,33,40)(H,35,36,41). The lowest BCUT2D eigenvalue weighted by molar-refractivity contribution is -0.121. The predicted octanol–water partition coefficient (Wildman–Crippen LogP) is 4.84. The third kappa shape index (κ3) is 7.91. The van der Waals surface area contributed by atoms with Gasteiger partial charge in [0.25, 0.3) is 5.91 Å². The minimum atomic E-state index is -0.242. The van der Waals surface area contributed by atoms with E-state index in [-0.39, 0.29) is 11.8 Å². The summed E-state index contributed by atoms with van der Waals surface area (Å²) in [6.07, 6.45) is 12.3. The number of benzene rings is 2. The van der Waals surface area contributed by atoms with Crippen LogP contribution in [0.1, 0.15) is 54.6 Å². The van der Waals surface area contributed by atoms with E-state index in [2.05, 4.69) is 20.6 Å². The van der Waals surface area contributed by atoms with E-state index in [1.807, 2.05) is 72.5 Å². The normalized spacial score (nSPS) is 13.7. The third-order valence-corrected chi connectivity index (χ3v) is 7.44. The fraction of sp³-hybridized carbons (Fsp3) is 0.375. The van der Waals surface area contributed by atoms with Gasteiger partial charge >= 0.3 is 0 Å². The van der Waals surface area contributed by atoms with Gasteiger partial charge in [0.05, 0.1) is 11.9 Å². The number of para-hydroxylation sites is 1. The van der Waals surface area contributed by atoms with E-state index in [0.717, 1.165) is 42.0 Å². The minimum absolute atomic E-state index is 0.0770. The van der Waals surface area contributed by atoms with Crippen LogP contribution in [0, 0.1) is 0 Å². The Hall–Kier alpha value is -4.24. The Bertz CT molecular complexity index is 1440. The van der Waals surface area contributed by atoms with Crippen molar-refractivity contribution in [3.8, 4) is 16.8 Å². The average molecular weight is 554 g/mol. The SMILES string of the molecule is Cn1cc(-c2cccc(C(=O)Nc3nc(CCCC(=O)NCCCN4CCCCC4)cn3-c3ccccc3)c2)cn1. The molecule has 1 aliphatic rings. The molecule has 1 fully saturated rings. The van der Waals surface area contributed by atoms with Crippen LogP contribution in [-0.4, -0.2) is 62.2 Å². The van der Waals surface area contributed by atoms with Crippen molar-refractivity contribution in [3.05, 3.63) is 84.4 Å². The lowest BCUT2D eigenvalue weighted by atomic mass is 10.1. The molecule has 4 aromatic rings. The monoisotopic (exact) mass is 553 g/mol. The largest absolute Gasteiger partial charge is 0.356 e. The van der Waals surface area contributed by atoms with Gasteiger partial charge in [0, 0.05) is 49.2 Å². The van der Waals surface area contributed by atoms with Crippen molar-refractivity contribution in [2.45, 2.75) is 44.9 Å². The number of hydrogen-bond donors (Lipinski definition) is 2. The van der Waals surface area contributed by atoms with Crippen molar-refractivity contribution in [1.82, 2.24) is 29.5 Å². The maximum Gasteiger partial charge on any atom is 0.258 e. The zero-order valence-corrected chi connectivity index (χ0v) is 23.8. The van der Waals surface area contributed by atoms with E-state index in [4.69, 9.17) is 4.98 Å². The Morgan fingerprint density at radius 1 is 0.927 bits per heavy atom. The van der Waals surface area contributed by atoms with Crippen LogP contribution >= 0.6 is 0 Å². The second kappa shape index (κ2) is 13.9. The molecule has 3 heterocycles. The van der Waals surface area contributed by atoms with Gasteiger partial charge in [-0.15, -0.1) is 0 Å². The van der Waals surface area contributed by atoms with Crippen molar-refractivity contribution in [2.24, 2.45) is 7.05 Å². The first-order valence-corrected chi connectivity index (χ1v) is 14.6. The second-order valence-corrected chi connectivity index (χ2v) is 10.7. The first-order valence-electron chi connectivity index (χ1n) is 14.6. The van der Waals surface area contributed by atoms with E-state index < -0.39 is 0 Å². The van der Waals surface area contributed by atoms with Gasteiger partial charge in [-0.05, 0) is 81.6 Å². The fourth-order valence-corrected chi connectivity index (χ4v) is 5.24. The van der Waals surface area contributed by atoms with E-state index in [0.29, 0.717) is 30.8 Å². The summed E-state index contributed by atoms with van der Waals surface area (Å²) in [5.41, 5.74) is 4.12. The van der Waals surface area contributed by atoms with Crippen LogP contribution in [0.4, 0.5) is 5.95 Å². The lowest BCUT2D eigenvalue weighted by Gasteiger charge is -2.26. The van der Waals surface area contributed by atoms with Crippen LogP contribution in [0.15, 0.2) is 73.2 Å². The zero-order chi connectivity index (χ0) is 28.4. The van der Waals surface area contributed by atoms with E-state index in [9.17, 15) is 9.59 Å². The predicted molar refractivity (Wildman–Crippen MR) is 161 cm³/mol. The number of nitrogens with zero attached hydrogens (tertiary/aromatic N) is 5. The molecule has 5 rings (SSSR count). The number of likely N-dealkylation sites (tertiary alicyclic amines) is 1. The van der Waals surface area contributed by atoms with E-state index in [1.165, 1.54) is 32.4 Å². The molecule has 0 saturated carbocycles. The summed E-state index contributed by atoms with van der Waals surface area (Å²) in [6.45, 7) is 4.14. The maximum absolute atomic E-state index is 13.3. The number of imidazole rings is 1. The Balaban J connectivity index is 1.18. The van der Waals surface area contributed by atoms with Crippen molar-refractivity contribution >= 4 is 17.8 Å². The highest BCUT2D eigenvalue weighted by Gasteiger charge is 2.16. The number of carbonyl (C=O) groups is 2. The second-order valence-electron chi connectivity index (χ2n) is 10.7. The highest BCUT2D eigenvalue weighted by Crippen LogP contribution is 2.22. The molecule has 214 valence electrons. The molecular formula is C32H39N7O2.